The van der Waals surface area contributed by atoms with Crippen LogP contribution in [0, 0.1) is 11.8 Å². The average Bonchev–Trinajstić information content (AvgIpc) is 2.70. The van der Waals surface area contributed by atoms with E-state index in [2.05, 4.69) is 10.3 Å². The van der Waals surface area contributed by atoms with Crippen LogP contribution in [0.5, 0.6) is 0 Å². The Balaban J connectivity index is 1.80. The third-order valence-corrected chi connectivity index (χ3v) is 4.85. The van der Waals surface area contributed by atoms with E-state index in [4.69, 9.17) is 5.11 Å². The van der Waals surface area contributed by atoms with Gasteiger partial charge in [-0.3, -0.25) is 19.4 Å². The summed E-state index contributed by atoms with van der Waals surface area (Å²) in [5, 5.41) is 11.3. The van der Waals surface area contributed by atoms with Gasteiger partial charge in [-0.2, -0.15) is 13.2 Å². The van der Waals surface area contributed by atoms with Crippen LogP contribution in [0.4, 0.5) is 24.5 Å². The molecule has 0 aromatic carbocycles. The molecule has 30 heavy (non-hydrogen) atoms. The lowest BCUT2D eigenvalue weighted by atomic mass is 9.87. The standard InChI is InChI=1S/C19H19F3N4O4/c20-19(21,22)13-6-12(8-25(9-13)15-2-1-5-23-7-15)18(30)24-14-3-4-16(27)26(10-14)11-17(28)29/h1-5,7,10,12-13H,6,8-9,11H2,(H,24,30)(H,28,29)/t12-,13+/m1/s1. The fourth-order valence-electron chi connectivity index (χ4n) is 3.40. The predicted octanol–water partition coefficient (Wildman–Crippen LogP) is 1.97. The highest BCUT2D eigenvalue weighted by Gasteiger charge is 2.46. The van der Waals surface area contributed by atoms with Crippen molar-refractivity contribution in [1.29, 1.82) is 0 Å². The van der Waals surface area contributed by atoms with Gasteiger partial charge in [-0.05, 0) is 24.6 Å². The highest BCUT2D eigenvalue weighted by Crippen LogP contribution is 2.37. The lowest BCUT2D eigenvalue weighted by Gasteiger charge is -2.39. The average molecular weight is 424 g/mol. The number of carboxylic acids is 1. The Bertz CT molecular complexity index is 978. The molecule has 8 nitrogen and oxygen atoms in total. The zero-order chi connectivity index (χ0) is 21.9. The number of halogens is 3. The zero-order valence-electron chi connectivity index (χ0n) is 15.7. The number of hydrogen-bond donors (Lipinski definition) is 2. The van der Waals surface area contributed by atoms with Crippen LogP contribution in [0.2, 0.25) is 0 Å². The Labute approximate surface area is 169 Å². The van der Waals surface area contributed by atoms with Gasteiger partial charge in [-0.25, -0.2) is 0 Å². The van der Waals surface area contributed by atoms with Gasteiger partial charge in [-0.1, -0.05) is 0 Å². The smallest absolute Gasteiger partial charge is 0.393 e. The van der Waals surface area contributed by atoms with E-state index in [0.717, 1.165) is 16.8 Å². The summed E-state index contributed by atoms with van der Waals surface area (Å²) >= 11 is 0. The molecule has 0 aliphatic carbocycles. The second-order valence-corrected chi connectivity index (χ2v) is 7.05. The van der Waals surface area contributed by atoms with E-state index in [-0.39, 0.29) is 25.2 Å². The first-order valence-corrected chi connectivity index (χ1v) is 9.08. The van der Waals surface area contributed by atoms with Crippen molar-refractivity contribution in [3.05, 3.63) is 53.2 Å². The van der Waals surface area contributed by atoms with Gasteiger partial charge in [0.25, 0.3) is 5.56 Å². The molecular formula is C19H19F3N4O4. The molecule has 1 amide bonds. The number of pyridine rings is 2. The third kappa shape index (κ3) is 5.16. The van der Waals surface area contributed by atoms with Crippen molar-refractivity contribution in [3.63, 3.8) is 0 Å². The molecule has 0 spiro atoms. The minimum atomic E-state index is -4.46. The number of anilines is 2. The maximum Gasteiger partial charge on any atom is 0.393 e. The molecule has 2 N–H and O–H groups in total. The molecular weight excluding hydrogens is 405 g/mol. The van der Waals surface area contributed by atoms with Crippen LogP contribution in [0.25, 0.3) is 0 Å². The maximum absolute atomic E-state index is 13.4. The van der Waals surface area contributed by atoms with E-state index in [1.165, 1.54) is 23.4 Å². The first kappa shape index (κ1) is 21.3. The van der Waals surface area contributed by atoms with Crippen molar-refractivity contribution < 1.29 is 27.9 Å². The summed E-state index contributed by atoms with van der Waals surface area (Å²) in [5.74, 6) is -4.54. The minimum absolute atomic E-state index is 0.0683. The number of rotatable bonds is 5. The summed E-state index contributed by atoms with van der Waals surface area (Å²) < 4.78 is 41.2. The van der Waals surface area contributed by atoms with Crippen LogP contribution >= 0.6 is 0 Å². The lowest BCUT2D eigenvalue weighted by Crippen LogP contribution is -2.49. The van der Waals surface area contributed by atoms with E-state index in [0.29, 0.717) is 5.69 Å². The molecule has 1 aliphatic heterocycles. The monoisotopic (exact) mass is 424 g/mol. The highest BCUT2D eigenvalue weighted by atomic mass is 19.4. The molecule has 2 atom stereocenters. The van der Waals surface area contributed by atoms with Gasteiger partial charge in [0.1, 0.15) is 6.54 Å². The molecule has 2 aromatic heterocycles. The molecule has 2 aromatic rings. The van der Waals surface area contributed by atoms with Crippen LogP contribution < -0.4 is 15.8 Å². The first-order valence-electron chi connectivity index (χ1n) is 9.08. The van der Waals surface area contributed by atoms with Crippen LogP contribution in [-0.4, -0.2) is 45.8 Å². The number of aliphatic carboxylic acids is 1. The summed E-state index contributed by atoms with van der Waals surface area (Å²) in [6, 6.07) is 5.59. The molecule has 0 unspecified atom stereocenters. The van der Waals surface area contributed by atoms with Gasteiger partial charge >= 0.3 is 12.1 Å². The van der Waals surface area contributed by atoms with Crippen molar-refractivity contribution in [2.24, 2.45) is 11.8 Å². The molecule has 3 rings (SSSR count). The number of carbonyl (C=O) groups is 2. The Morgan fingerprint density at radius 3 is 2.63 bits per heavy atom. The number of nitrogens with zero attached hydrogens (tertiary/aromatic N) is 3. The predicted molar refractivity (Wildman–Crippen MR) is 101 cm³/mol. The topological polar surface area (TPSA) is 105 Å². The summed E-state index contributed by atoms with van der Waals surface area (Å²) in [6.07, 6.45) is -0.743. The molecule has 3 heterocycles. The van der Waals surface area contributed by atoms with Crippen molar-refractivity contribution in [3.8, 4) is 0 Å². The fraction of sp³-hybridized carbons (Fsp3) is 0.368. The molecule has 160 valence electrons. The number of aromatic nitrogens is 2. The number of alkyl halides is 3. The number of nitrogens with one attached hydrogen (secondary N) is 1. The molecule has 1 aliphatic rings. The van der Waals surface area contributed by atoms with E-state index < -0.39 is 42.0 Å². The van der Waals surface area contributed by atoms with Crippen molar-refractivity contribution in [2.75, 3.05) is 23.3 Å². The summed E-state index contributed by atoms with van der Waals surface area (Å²) in [4.78, 5) is 40.6. The third-order valence-electron chi connectivity index (χ3n) is 4.85. The fourth-order valence-corrected chi connectivity index (χ4v) is 3.40. The molecule has 1 saturated heterocycles. The van der Waals surface area contributed by atoms with E-state index in [1.54, 1.807) is 12.1 Å². The number of carbonyl (C=O) groups excluding carboxylic acids is 1. The van der Waals surface area contributed by atoms with Crippen molar-refractivity contribution in [2.45, 2.75) is 19.1 Å². The molecule has 11 heteroatoms. The zero-order valence-corrected chi connectivity index (χ0v) is 15.7. The largest absolute Gasteiger partial charge is 0.480 e. The molecule has 0 saturated carbocycles. The second-order valence-electron chi connectivity index (χ2n) is 7.05. The first-order chi connectivity index (χ1) is 14.1. The quantitative estimate of drug-likeness (QED) is 0.761. The lowest BCUT2D eigenvalue weighted by molar-refractivity contribution is -0.179. The Morgan fingerprint density at radius 1 is 1.23 bits per heavy atom. The van der Waals surface area contributed by atoms with Crippen LogP contribution in [0.1, 0.15) is 6.42 Å². The summed E-state index contributed by atoms with van der Waals surface area (Å²) in [5.41, 5.74) is 0.0371. The van der Waals surface area contributed by atoms with Crippen molar-refractivity contribution >= 4 is 23.3 Å². The summed E-state index contributed by atoms with van der Waals surface area (Å²) in [6.45, 7) is -0.807. The number of carboxylic acid groups (broad SMARTS) is 1. The highest BCUT2D eigenvalue weighted by molar-refractivity contribution is 5.93. The Kier molecular flexibility index (Phi) is 6.09. The van der Waals surface area contributed by atoms with Crippen LogP contribution in [0.15, 0.2) is 47.7 Å². The number of amides is 1. The number of piperidine rings is 1. The Morgan fingerprint density at radius 2 is 2.00 bits per heavy atom. The molecule has 0 bridgehead atoms. The van der Waals surface area contributed by atoms with Gasteiger partial charge in [-0.15, -0.1) is 0 Å². The minimum Gasteiger partial charge on any atom is -0.480 e. The summed E-state index contributed by atoms with van der Waals surface area (Å²) in [7, 11) is 0. The molecule has 0 radical (unpaired) electrons. The number of hydrogen-bond acceptors (Lipinski definition) is 5. The second kappa shape index (κ2) is 8.56. The van der Waals surface area contributed by atoms with Gasteiger partial charge in [0.2, 0.25) is 5.91 Å². The Hall–Kier alpha value is -3.37. The normalized spacial score (nSPS) is 19.4. The van der Waals surface area contributed by atoms with Gasteiger partial charge in [0.05, 0.1) is 29.4 Å². The van der Waals surface area contributed by atoms with Gasteiger partial charge in [0.15, 0.2) is 0 Å². The van der Waals surface area contributed by atoms with Crippen molar-refractivity contribution in [1.82, 2.24) is 9.55 Å². The van der Waals surface area contributed by atoms with Crippen LogP contribution in [0.3, 0.4) is 0 Å². The van der Waals surface area contributed by atoms with Gasteiger partial charge < -0.3 is 19.9 Å². The molecule has 1 fully saturated rings. The van der Waals surface area contributed by atoms with E-state index in [9.17, 15) is 27.6 Å². The van der Waals surface area contributed by atoms with Gasteiger partial charge in [0, 0.05) is 31.5 Å². The SMILES string of the molecule is O=C(O)Cn1cc(NC(=O)[C@@H]2C[C@H](C(F)(F)F)CN(c3cccnc3)C2)ccc1=O. The van der Waals surface area contributed by atoms with E-state index in [1.807, 2.05) is 0 Å². The van der Waals surface area contributed by atoms with E-state index >= 15 is 0 Å². The van der Waals surface area contributed by atoms with Crippen LogP contribution in [-0.2, 0) is 16.1 Å². The maximum atomic E-state index is 13.4.